The molecule has 0 saturated carbocycles. The Balaban J connectivity index is 4.26. The van der Waals surface area contributed by atoms with Gasteiger partial charge in [-0.15, -0.1) is 0 Å². The molecule has 3 atom stereocenters. The number of phosphoric acid groups is 1. The average Bonchev–Trinajstić information content (AvgIpc) is 3.17. The molecule has 56 heavy (non-hydrogen) atoms. The molecule has 0 bridgehead atoms. The van der Waals surface area contributed by atoms with Crippen LogP contribution in [0.4, 0.5) is 0 Å². The molecule has 0 rings (SSSR count). The second kappa shape index (κ2) is 40.3. The van der Waals surface area contributed by atoms with Gasteiger partial charge < -0.3 is 25.2 Å². The van der Waals surface area contributed by atoms with Crippen LogP contribution in [-0.4, -0.2) is 59.9 Å². The highest BCUT2D eigenvalue weighted by Gasteiger charge is 2.28. The normalized spacial score (nSPS) is 13.6. The molecular formula is C44H86NO10P. The third-order valence-electron chi connectivity index (χ3n) is 10.4. The number of nitrogens with two attached hydrogens (primary N) is 1. The number of ether oxygens (including phenoxy) is 2. The Bertz CT molecular complexity index is 968. The number of aliphatic carboxylic acids is 1. The molecule has 0 aromatic carbocycles. The number of hydrogen-bond acceptors (Lipinski definition) is 9. The zero-order chi connectivity index (χ0) is 41.4. The maximum Gasteiger partial charge on any atom is 0.472 e. The number of unbranched alkanes of at least 4 members (excludes halogenated alkanes) is 30. The Kier molecular flexibility index (Phi) is 39.2. The summed E-state index contributed by atoms with van der Waals surface area (Å²) in [4.78, 5) is 46.0. The number of carbonyl (C=O) groups is 3. The van der Waals surface area contributed by atoms with Crippen molar-refractivity contribution in [3.8, 4) is 0 Å². The van der Waals surface area contributed by atoms with Gasteiger partial charge in [-0.2, -0.15) is 0 Å². The fourth-order valence-corrected chi connectivity index (χ4v) is 7.49. The predicted molar refractivity (Wildman–Crippen MR) is 227 cm³/mol. The zero-order valence-corrected chi connectivity index (χ0v) is 36.9. The van der Waals surface area contributed by atoms with Crippen molar-refractivity contribution >= 4 is 25.7 Å². The third kappa shape index (κ3) is 39.3. The second-order valence-corrected chi connectivity index (χ2v) is 17.4. The standard InChI is InChI=1S/C44H86NO10P/c1-3-5-7-9-11-13-15-17-19-20-21-22-24-25-27-29-31-33-35-42(46)52-37-40(38-53-56(50,51)54-39-41(45)44(48)49)55-43(47)36-34-32-30-28-26-23-18-16-14-12-10-8-6-4-2/h40-41H,3-39,45H2,1-2H3,(H,48,49)(H,50,51)/t40-,41+/m1/s1. The lowest BCUT2D eigenvalue weighted by atomic mass is 10.0. The van der Waals surface area contributed by atoms with Gasteiger partial charge in [-0.3, -0.25) is 23.4 Å². The molecule has 332 valence electrons. The van der Waals surface area contributed by atoms with E-state index in [1.54, 1.807) is 0 Å². The second-order valence-electron chi connectivity index (χ2n) is 15.9. The van der Waals surface area contributed by atoms with Crippen LogP contribution in [0.1, 0.15) is 232 Å². The van der Waals surface area contributed by atoms with Crippen LogP contribution >= 0.6 is 7.82 Å². The summed E-state index contributed by atoms with van der Waals surface area (Å²) in [6.07, 6.45) is 38.8. The Hall–Kier alpha value is -1.52. The molecule has 0 aliphatic rings. The van der Waals surface area contributed by atoms with Crippen molar-refractivity contribution in [2.45, 2.75) is 244 Å². The minimum atomic E-state index is -4.71. The summed E-state index contributed by atoms with van der Waals surface area (Å²) in [5.74, 6) is -2.36. The smallest absolute Gasteiger partial charge is 0.472 e. The number of carbonyl (C=O) groups excluding carboxylic acids is 2. The van der Waals surface area contributed by atoms with E-state index in [1.165, 1.54) is 154 Å². The van der Waals surface area contributed by atoms with Gasteiger partial charge in [0.05, 0.1) is 13.2 Å². The van der Waals surface area contributed by atoms with E-state index >= 15 is 0 Å². The number of phosphoric ester groups is 1. The molecule has 0 aliphatic heterocycles. The minimum Gasteiger partial charge on any atom is -0.480 e. The van der Waals surface area contributed by atoms with Gasteiger partial charge in [0.1, 0.15) is 12.6 Å². The van der Waals surface area contributed by atoms with Crippen LogP contribution in [-0.2, 0) is 37.5 Å². The van der Waals surface area contributed by atoms with E-state index in [4.69, 9.17) is 24.8 Å². The first kappa shape index (κ1) is 54.5. The Morgan fingerprint density at radius 2 is 0.786 bits per heavy atom. The van der Waals surface area contributed by atoms with E-state index in [2.05, 4.69) is 18.4 Å². The molecule has 12 heteroatoms. The van der Waals surface area contributed by atoms with Gasteiger partial charge in [0.15, 0.2) is 6.10 Å². The molecule has 11 nitrogen and oxygen atoms in total. The number of rotatable bonds is 44. The van der Waals surface area contributed by atoms with Crippen LogP contribution in [0.2, 0.25) is 0 Å². The molecule has 0 saturated heterocycles. The lowest BCUT2D eigenvalue weighted by Crippen LogP contribution is -2.34. The summed E-state index contributed by atoms with van der Waals surface area (Å²) in [6, 6.07) is -1.52. The summed E-state index contributed by atoms with van der Waals surface area (Å²) in [5, 5.41) is 8.89. The van der Waals surface area contributed by atoms with Crippen LogP contribution in [0.25, 0.3) is 0 Å². The van der Waals surface area contributed by atoms with Gasteiger partial charge in [-0.05, 0) is 12.8 Å². The molecule has 0 radical (unpaired) electrons. The van der Waals surface area contributed by atoms with E-state index in [-0.39, 0.29) is 19.4 Å². The monoisotopic (exact) mass is 820 g/mol. The summed E-state index contributed by atoms with van der Waals surface area (Å²) < 4.78 is 32.7. The molecule has 1 unspecified atom stereocenters. The van der Waals surface area contributed by atoms with E-state index in [0.717, 1.165) is 38.5 Å². The van der Waals surface area contributed by atoms with Crippen LogP contribution < -0.4 is 5.73 Å². The van der Waals surface area contributed by atoms with Crippen molar-refractivity contribution < 1.29 is 47.5 Å². The zero-order valence-electron chi connectivity index (χ0n) is 36.0. The molecule has 0 aromatic heterocycles. The Morgan fingerprint density at radius 3 is 1.12 bits per heavy atom. The molecule has 0 amide bonds. The lowest BCUT2D eigenvalue weighted by Gasteiger charge is -2.20. The third-order valence-corrected chi connectivity index (χ3v) is 11.3. The van der Waals surface area contributed by atoms with Crippen molar-refractivity contribution in [1.82, 2.24) is 0 Å². The average molecular weight is 820 g/mol. The van der Waals surface area contributed by atoms with Gasteiger partial charge in [0.25, 0.3) is 0 Å². The molecular weight excluding hydrogens is 733 g/mol. The highest BCUT2D eigenvalue weighted by molar-refractivity contribution is 7.47. The Labute approximate surface area is 342 Å². The molecule has 4 N–H and O–H groups in total. The number of carboxylic acid groups (broad SMARTS) is 1. The molecule has 0 spiro atoms. The summed E-state index contributed by atoms with van der Waals surface area (Å²) >= 11 is 0. The summed E-state index contributed by atoms with van der Waals surface area (Å²) in [6.45, 7) is 2.84. The molecule has 0 aromatic rings. The summed E-state index contributed by atoms with van der Waals surface area (Å²) in [7, 11) is -4.71. The molecule has 0 heterocycles. The van der Waals surface area contributed by atoms with Gasteiger partial charge >= 0.3 is 25.7 Å². The van der Waals surface area contributed by atoms with Gasteiger partial charge in [-0.25, -0.2) is 4.57 Å². The van der Waals surface area contributed by atoms with Crippen molar-refractivity contribution in [1.29, 1.82) is 0 Å². The first-order chi connectivity index (χ1) is 27.1. The van der Waals surface area contributed by atoms with Crippen molar-refractivity contribution in [2.75, 3.05) is 19.8 Å². The highest BCUT2D eigenvalue weighted by Crippen LogP contribution is 2.43. The SMILES string of the molecule is CCCCCCCCCCCCCCCCCCCCC(=O)OC[C@H](COP(=O)(O)OC[C@H](N)C(=O)O)OC(=O)CCCCCCCCCCCCCCCC. The van der Waals surface area contributed by atoms with E-state index in [9.17, 15) is 23.8 Å². The topological polar surface area (TPSA) is 172 Å². The number of hydrogen-bond donors (Lipinski definition) is 3. The first-order valence-electron chi connectivity index (χ1n) is 23.1. The maximum atomic E-state index is 12.6. The quantitative estimate of drug-likeness (QED) is 0.0303. The number of esters is 2. The van der Waals surface area contributed by atoms with Crippen LogP contribution in [0, 0.1) is 0 Å². The minimum absolute atomic E-state index is 0.169. The maximum absolute atomic E-state index is 12.6. The van der Waals surface area contributed by atoms with Crippen LogP contribution in [0.5, 0.6) is 0 Å². The fraction of sp³-hybridized carbons (Fsp3) is 0.932. The van der Waals surface area contributed by atoms with E-state index in [0.29, 0.717) is 12.8 Å². The summed E-state index contributed by atoms with van der Waals surface area (Å²) in [5.41, 5.74) is 5.34. The Morgan fingerprint density at radius 1 is 0.482 bits per heavy atom. The van der Waals surface area contributed by atoms with Gasteiger partial charge in [0, 0.05) is 12.8 Å². The molecule has 0 aliphatic carbocycles. The van der Waals surface area contributed by atoms with Gasteiger partial charge in [-0.1, -0.05) is 206 Å². The van der Waals surface area contributed by atoms with Crippen LogP contribution in [0.15, 0.2) is 0 Å². The van der Waals surface area contributed by atoms with Crippen LogP contribution in [0.3, 0.4) is 0 Å². The highest BCUT2D eigenvalue weighted by atomic mass is 31.2. The van der Waals surface area contributed by atoms with Crippen molar-refractivity contribution in [2.24, 2.45) is 5.73 Å². The van der Waals surface area contributed by atoms with Crippen molar-refractivity contribution in [3.05, 3.63) is 0 Å². The predicted octanol–water partition coefficient (Wildman–Crippen LogP) is 12.3. The van der Waals surface area contributed by atoms with Crippen molar-refractivity contribution in [3.63, 3.8) is 0 Å². The molecule has 0 fully saturated rings. The van der Waals surface area contributed by atoms with Gasteiger partial charge in [0.2, 0.25) is 0 Å². The van der Waals surface area contributed by atoms with E-state index in [1.807, 2.05) is 0 Å². The van der Waals surface area contributed by atoms with E-state index < -0.39 is 51.1 Å². The number of carboxylic acids is 1. The lowest BCUT2D eigenvalue weighted by molar-refractivity contribution is -0.161. The largest absolute Gasteiger partial charge is 0.480 e. The fourth-order valence-electron chi connectivity index (χ4n) is 6.71. The first-order valence-corrected chi connectivity index (χ1v) is 24.6.